The second-order valence-electron chi connectivity index (χ2n) is 6.41. The van der Waals surface area contributed by atoms with Gasteiger partial charge in [0.05, 0.1) is 12.2 Å². The molecule has 0 bridgehead atoms. The standard InChI is InChI=1S/C16H21N3O4S/c1-10-13(11(2)23-17-10)9-19(15(21)22-16(3,4)5)18-7-6-12(24)8-14(18)20/h6-8,24H,9H2,1-5H3. The summed E-state index contributed by atoms with van der Waals surface area (Å²) in [4.78, 5) is 25.4. The highest BCUT2D eigenvalue weighted by Gasteiger charge is 2.26. The maximum atomic E-state index is 12.6. The smallest absolute Gasteiger partial charge is 0.430 e. The van der Waals surface area contributed by atoms with Crippen molar-refractivity contribution in [2.75, 3.05) is 5.01 Å². The topological polar surface area (TPSA) is 77.6 Å². The van der Waals surface area contributed by atoms with Crippen LogP contribution < -0.4 is 10.6 Å². The van der Waals surface area contributed by atoms with Gasteiger partial charge in [-0.05, 0) is 40.7 Å². The van der Waals surface area contributed by atoms with Gasteiger partial charge in [-0.1, -0.05) is 5.16 Å². The molecule has 0 saturated heterocycles. The van der Waals surface area contributed by atoms with E-state index in [1.807, 2.05) is 0 Å². The second kappa shape index (κ2) is 6.72. The Bertz CT molecular complexity index is 785. The van der Waals surface area contributed by atoms with Gasteiger partial charge in [-0.2, -0.15) is 0 Å². The van der Waals surface area contributed by atoms with E-state index >= 15 is 0 Å². The van der Waals surface area contributed by atoms with Crippen molar-refractivity contribution < 1.29 is 14.1 Å². The molecule has 2 heterocycles. The first kappa shape index (κ1) is 18.1. The van der Waals surface area contributed by atoms with Crippen molar-refractivity contribution in [3.63, 3.8) is 0 Å². The van der Waals surface area contributed by atoms with E-state index in [0.29, 0.717) is 16.3 Å². The highest BCUT2D eigenvalue weighted by Crippen LogP contribution is 2.17. The molecule has 0 radical (unpaired) electrons. The van der Waals surface area contributed by atoms with E-state index in [-0.39, 0.29) is 12.1 Å². The zero-order chi connectivity index (χ0) is 18.1. The summed E-state index contributed by atoms with van der Waals surface area (Å²) in [6.07, 6.45) is 0.837. The van der Waals surface area contributed by atoms with E-state index < -0.39 is 11.7 Å². The highest BCUT2D eigenvalue weighted by molar-refractivity contribution is 7.80. The first-order valence-corrected chi connectivity index (χ1v) is 7.87. The molecule has 7 nitrogen and oxygen atoms in total. The van der Waals surface area contributed by atoms with Crippen molar-refractivity contribution in [3.05, 3.63) is 45.7 Å². The van der Waals surface area contributed by atoms with E-state index in [4.69, 9.17) is 9.26 Å². The fourth-order valence-corrected chi connectivity index (χ4v) is 2.26. The van der Waals surface area contributed by atoms with Gasteiger partial charge in [0.25, 0.3) is 5.56 Å². The van der Waals surface area contributed by atoms with E-state index in [9.17, 15) is 9.59 Å². The molecule has 8 heteroatoms. The van der Waals surface area contributed by atoms with Gasteiger partial charge in [0.2, 0.25) is 0 Å². The van der Waals surface area contributed by atoms with Crippen molar-refractivity contribution in [1.29, 1.82) is 0 Å². The Balaban J connectivity index is 2.45. The molecule has 0 aliphatic heterocycles. The summed E-state index contributed by atoms with van der Waals surface area (Å²) in [6.45, 7) is 8.92. The molecule has 0 aliphatic rings. The van der Waals surface area contributed by atoms with Gasteiger partial charge in [-0.15, -0.1) is 12.6 Å². The Morgan fingerprint density at radius 1 is 1.42 bits per heavy atom. The van der Waals surface area contributed by atoms with Crippen LogP contribution in [0.15, 0.2) is 32.5 Å². The van der Waals surface area contributed by atoms with Gasteiger partial charge < -0.3 is 9.26 Å². The minimum Gasteiger partial charge on any atom is -0.442 e. The molecular weight excluding hydrogens is 330 g/mol. The fraction of sp³-hybridized carbons (Fsp3) is 0.438. The molecule has 0 spiro atoms. The van der Waals surface area contributed by atoms with Gasteiger partial charge in [0.1, 0.15) is 11.4 Å². The Labute approximate surface area is 145 Å². The Morgan fingerprint density at radius 3 is 2.58 bits per heavy atom. The lowest BCUT2D eigenvalue weighted by atomic mass is 10.2. The van der Waals surface area contributed by atoms with Crippen LogP contribution in [0.2, 0.25) is 0 Å². The number of ether oxygens (including phenoxy) is 1. The number of amides is 1. The number of aryl methyl sites for hydroxylation is 2. The van der Waals surface area contributed by atoms with Crippen LogP contribution in [0.3, 0.4) is 0 Å². The molecule has 2 aromatic heterocycles. The number of hydrogen-bond acceptors (Lipinski definition) is 6. The zero-order valence-corrected chi connectivity index (χ0v) is 15.3. The molecule has 0 saturated carbocycles. The van der Waals surface area contributed by atoms with Gasteiger partial charge in [0, 0.05) is 22.7 Å². The molecule has 0 atom stereocenters. The van der Waals surface area contributed by atoms with Crippen molar-refractivity contribution in [2.45, 2.75) is 51.7 Å². The van der Waals surface area contributed by atoms with E-state index in [2.05, 4.69) is 17.8 Å². The quantitative estimate of drug-likeness (QED) is 0.861. The number of nitrogens with zero attached hydrogens (tertiary/aromatic N) is 3. The molecule has 24 heavy (non-hydrogen) atoms. The molecule has 0 aliphatic carbocycles. The summed E-state index contributed by atoms with van der Waals surface area (Å²) in [7, 11) is 0. The Kier molecular flexibility index (Phi) is 5.08. The molecule has 1 amide bonds. The second-order valence-corrected chi connectivity index (χ2v) is 6.92. The third kappa shape index (κ3) is 4.19. The molecular formula is C16H21N3O4S. The molecule has 0 N–H and O–H groups in total. The predicted molar refractivity (Wildman–Crippen MR) is 92.1 cm³/mol. The third-order valence-electron chi connectivity index (χ3n) is 3.24. The zero-order valence-electron chi connectivity index (χ0n) is 14.4. The van der Waals surface area contributed by atoms with Crippen molar-refractivity contribution in [3.8, 4) is 0 Å². The predicted octanol–water partition coefficient (Wildman–Crippen LogP) is 2.82. The number of thiol groups is 1. The molecule has 0 unspecified atom stereocenters. The van der Waals surface area contributed by atoms with Gasteiger partial charge >= 0.3 is 6.09 Å². The summed E-state index contributed by atoms with van der Waals surface area (Å²) in [5.74, 6) is 0.583. The third-order valence-corrected chi connectivity index (χ3v) is 3.52. The number of aromatic nitrogens is 2. The van der Waals surface area contributed by atoms with Crippen LogP contribution in [-0.4, -0.2) is 21.5 Å². The van der Waals surface area contributed by atoms with Crippen molar-refractivity contribution >= 4 is 18.7 Å². The van der Waals surface area contributed by atoms with Gasteiger partial charge in [-0.25, -0.2) is 14.5 Å². The molecule has 2 aromatic rings. The van der Waals surface area contributed by atoms with Crippen molar-refractivity contribution in [2.24, 2.45) is 0 Å². The molecule has 0 fully saturated rings. The van der Waals surface area contributed by atoms with Crippen molar-refractivity contribution in [1.82, 2.24) is 9.83 Å². The number of rotatable bonds is 3. The minimum atomic E-state index is -0.693. The maximum Gasteiger partial charge on any atom is 0.430 e. The van der Waals surface area contributed by atoms with Gasteiger partial charge in [-0.3, -0.25) is 4.79 Å². The lowest BCUT2D eigenvalue weighted by Gasteiger charge is -2.28. The summed E-state index contributed by atoms with van der Waals surface area (Å²) >= 11 is 4.14. The SMILES string of the molecule is Cc1noc(C)c1CN(C(=O)OC(C)(C)C)n1ccc(S)cc1=O. The maximum absolute atomic E-state index is 12.6. The Hall–Kier alpha value is -2.22. The van der Waals surface area contributed by atoms with Crippen LogP contribution in [0.25, 0.3) is 0 Å². The van der Waals surface area contributed by atoms with E-state index in [1.54, 1.807) is 40.7 Å². The van der Waals surface area contributed by atoms with Crippen LogP contribution in [0.1, 0.15) is 37.8 Å². The normalized spacial score (nSPS) is 11.4. The van der Waals surface area contributed by atoms with Crippen LogP contribution in [-0.2, 0) is 11.3 Å². The number of hydrogen-bond donors (Lipinski definition) is 1. The van der Waals surface area contributed by atoms with Crippen LogP contribution >= 0.6 is 12.6 Å². The van der Waals surface area contributed by atoms with Crippen LogP contribution in [0.4, 0.5) is 4.79 Å². The summed E-state index contributed by atoms with van der Waals surface area (Å²) < 4.78 is 11.8. The average Bonchev–Trinajstić information content (AvgIpc) is 2.75. The van der Waals surface area contributed by atoms with E-state index in [0.717, 1.165) is 5.56 Å². The van der Waals surface area contributed by atoms with Crippen LogP contribution in [0, 0.1) is 13.8 Å². The van der Waals surface area contributed by atoms with E-state index in [1.165, 1.54) is 21.9 Å². The highest BCUT2D eigenvalue weighted by atomic mass is 32.1. The average molecular weight is 351 g/mol. The monoisotopic (exact) mass is 351 g/mol. The number of carbonyl (C=O) groups is 1. The summed E-state index contributed by atoms with van der Waals surface area (Å²) in [6, 6.07) is 2.95. The van der Waals surface area contributed by atoms with Gasteiger partial charge in [0.15, 0.2) is 0 Å². The largest absolute Gasteiger partial charge is 0.442 e. The molecule has 2 rings (SSSR count). The number of pyridine rings is 1. The lowest BCUT2D eigenvalue weighted by molar-refractivity contribution is 0.0532. The molecule has 0 aromatic carbocycles. The summed E-state index contributed by atoms with van der Waals surface area (Å²) in [5.41, 5.74) is 0.295. The first-order chi connectivity index (χ1) is 11.1. The lowest BCUT2D eigenvalue weighted by Crippen LogP contribution is -2.47. The summed E-state index contributed by atoms with van der Waals surface area (Å²) in [5, 5.41) is 5.10. The first-order valence-electron chi connectivity index (χ1n) is 7.42. The Morgan fingerprint density at radius 2 is 2.08 bits per heavy atom. The molecule has 130 valence electrons. The van der Waals surface area contributed by atoms with Crippen LogP contribution in [0.5, 0.6) is 0 Å². The fourth-order valence-electron chi connectivity index (χ4n) is 2.08. The minimum absolute atomic E-state index is 0.0991. The number of carbonyl (C=O) groups excluding carboxylic acids is 1.